The van der Waals surface area contributed by atoms with Gasteiger partial charge in [-0.3, -0.25) is 10.2 Å². The second-order valence-electron chi connectivity index (χ2n) is 10.6. The number of aliphatic imine (C=N–C) groups is 1. The van der Waals surface area contributed by atoms with E-state index in [-0.39, 0.29) is 23.1 Å². The van der Waals surface area contributed by atoms with Gasteiger partial charge >= 0.3 is 0 Å². The van der Waals surface area contributed by atoms with Crippen LogP contribution in [0.3, 0.4) is 0 Å². The van der Waals surface area contributed by atoms with Crippen molar-refractivity contribution < 1.29 is 9.21 Å². The summed E-state index contributed by atoms with van der Waals surface area (Å²) in [5.41, 5.74) is 3.25. The molecule has 1 N–H and O–H groups in total. The van der Waals surface area contributed by atoms with Crippen molar-refractivity contribution in [1.29, 1.82) is 5.41 Å². The van der Waals surface area contributed by atoms with Gasteiger partial charge in [-0.1, -0.05) is 39.0 Å². The van der Waals surface area contributed by atoms with E-state index in [4.69, 9.17) is 14.8 Å². The van der Waals surface area contributed by atoms with Crippen molar-refractivity contribution in [3.8, 4) is 0 Å². The maximum atomic E-state index is 12.5. The lowest BCUT2D eigenvalue weighted by molar-refractivity contribution is 0.0714. The van der Waals surface area contributed by atoms with Gasteiger partial charge in [0.15, 0.2) is 12.4 Å². The number of carbonyl (C=O) groups excluding carboxylic acids is 1. The Hall–Kier alpha value is -3.62. The first kappa shape index (κ1) is 23.1. The molecule has 3 aliphatic heterocycles. The molecule has 1 aromatic heterocycles. The van der Waals surface area contributed by atoms with Gasteiger partial charge in [0.1, 0.15) is 5.84 Å². The molecule has 0 aliphatic carbocycles. The first-order valence-corrected chi connectivity index (χ1v) is 12.1. The molecule has 0 bridgehead atoms. The zero-order valence-corrected chi connectivity index (χ0v) is 20.9. The van der Waals surface area contributed by atoms with Crippen LogP contribution in [0.25, 0.3) is 5.70 Å². The largest absolute Gasteiger partial charge is 0.438 e. The summed E-state index contributed by atoms with van der Waals surface area (Å²) in [4.78, 5) is 29.6. The monoisotopic (exact) mass is 475 g/mol. The number of nitrogens with zero attached hydrogens (tertiary/aromatic N) is 6. The number of fused-ring (bicyclic) bond motifs is 1. The van der Waals surface area contributed by atoms with Gasteiger partial charge in [0.2, 0.25) is 5.76 Å². The minimum absolute atomic E-state index is 0.102. The number of rotatable bonds is 4. The average molecular weight is 476 g/mol. The standard InChI is InChI=1S/C26H33N7O2/c1-26(2,3)16-33-21-9-8-20(29-23(21)30(4)25(33)27)18-6-5-7-19(14-18)31-10-12-32(13-11-31)24(34)22-15-28-17-35-22/h5-8,14-15,17,21,27H,9-13,16H2,1-4H3. The lowest BCUT2D eigenvalue weighted by atomic mass is 9.94. The molecule has 184 valence electrons. The number of carbonyl (C=O) groups is 1. The molecule has 1 amide bonds. The number of guanidine groups is 1. The van der Waals surface area contributed by atoms with Crippen LogP contribution in [-0.2, 0) is 0 Å². The van der Waals surface area contributed by atoms with Crippen molar-refractivity contribution in [1.82, 2.24) is 19.7 Å². The molecule has 4 heterocycles. The number of aromatic nitrogens is 1. The van der Waals surface area contributed by atoms with E-state index in [1.807, 2.05) is 16.8 Å². The highest BCUT2D eigenvalue weighted by Gasteiger charge is 2.41. The van der Waals surface area contributed by atoms with Crippen LogP contribution >= 0.6 is 0 Å². The third-order valence-electron chi connectivity index (χ3n) is 6.74. The molecule has 9 nitrogen and oxygen atoms in total. The molecule has 3 aliphatic rings. The van der Waals surface area contributed by atoms with Crippen LogP contribution in [0, 0.1) is 10.8 Å². The highest BCUT2D eigenvalue weighted by molar-refractivity contribution is 6.10. The molecule has 1 aromatic carbocycles. The molecule has 9 heteroatoms. The molecule has 1 atom stereocenters. The SMILES string of the molecule is CN1C(=N)N(CC(C)(C)C)C2CC=C(c3cccc(N4CCN(C(=O)c5cnco5)CC4)c3)N=C21. The Morgan fingerprint density at radius 2 is 1.97 bits per heavy atom. The Balaban J connectivity index is 1.29. The first-order valence-electron chi connectivity index (χ1n) is 12.1. The van der Waals surface area contributed by atoms with Crippen molar-refractivity contribution in [2.75, 3.05) is 44.7 Å². The van der Waals surface area contributed by atoms with Crippen LogP contribution in [0.4, 0.5) is 5.69 Å². The van der Waals surface area contributed by atoms with Gasteiger partial charge in [-0.05, 0) is 24.0 Å². The van der Waals surface area contributed by atoms with Crippen molar-refractivity contribution >= 4 is 29.1 Å². The summed E-state index contributed by atoms with van der Waals surface area (Å²) in [7, 11) is 1.94. The number of piperazine rings is 1. The van der Waals surface area contributed by atoms with Crippen molar-refractivity contribution in [3.63, 3.8) is 0 Å². The zero-order chi connectivity index (χ0) is 24.7. The Morgan fingerprint density at radius 3 is 2.66 bits per heavy atom. The van der Waals surface area contributed by atoms with E-state index in [9.17, 15) is 4.79 Å². The van der Waals surface area contributed by atoms with Crippen molar-refractivity contribution in [2.24, 2.45) is 10.4 Å². The van der Waals surface area contributed by atoms with E-state index in [0.29, 0.717) is 19.0 Å². The van der Waals surface area contributed by atoms with Gasteiger partial charge in [0, 0.05) is 51.0 Å². The number of amides is 1. The van der Waals surface area contributed by atoms with Gasteiger partial charge < -0.3 is 24.0 Å². The molecule has 35 heavy (non-hydrogen) atoms. The molecule has 2 fully saturated rings. The second kappa shape index (κ2) is 8.87. The molecule has 0 saturated carbocycles. The normalized spacial score (nSPS) is 20.7. The fourth-order valence-corrected chi connectivity index (χ4v) is 4.97. The van der Waals surface area contributed by atoms with Crippen LogP contribution < -0.4 is 4.90 Å². The van der Waals surface area contributed by atoms with Crippen LogP contribution in [0.2, 0.25) is 0 Å². The maximum Gasteiger partial charge on any atom is 0.291 e. The highest BCUT2D eigenvalue weighted by atomic mass is 16.3. The van der Waals surface area contributed by atoms with Crippen molar-refractivity contribution in [3.05, 3.63) is 54.3 Å². The first-order chi connectivity index (χ1) is 16.7. The van der Waals surface area contributed by atoms with E-state index in [1.54, 1.807) is 0 Å². The summed E-state index contributed by atoms with van der Waals surface area (Å²) in [6.07, 6.45) is 5.79. The number of anilines is 1. The molecular formula is C26H33N7O2. The second-order valence-corrected chi connectivity index (χ2v) is 10.6. The van der Waals surface area contributed by atoms with E-state index >= 15 is 0 Å². The Kier molecular flexibility index (Phi) is 5.86. The molecular weight excluding hydrogens is 442 g/mol. The number of hydrogen-bond donors (Lipinski definition) is 1. The van der Waals surface area contributed by atoms with Crippen LogP contribution in [0.1, 0.15) is 43.3 Å². The van der Waals surface area contributed by atoms with Crippen LogP contribution in [0.15, 0.2) is 52.3 Å². The topological polar surface area (TPSA) is 92.3 Å². The molecule has 5 rings (SSSR count). The third kappa shape index (κ3) is 4.54. The van der Waals surface area contributed by atoms with Gasteiger partial charge in [0.05, 0.1) is 17.9 Å². The summed E-state index contributed by atoms with van der Waals surface area (Å²) in [6, 6.07) is 8.57. The molecule has 0 spiro atoms. The average Bonchev–Trinajstić information content (AvgIpc) is 3.47. The predicted molar refractivity (Wildman–Crippen MR) is 137 cm³/mol. The van der Waals surface area contributed by atoms with Crippen molar-refractivity contribution in [2.45, 2.75) is 33.2 Å². The van der Waals surface area contributed by atoms with Crippen LogP contribution in [-0.4, -0.2) is 83.2 Å². The molecule has 2 aromatic rings. The van der Waals surface area contributed by atoms with Gasteiger partial charge in [-0.15, -0.1) is 0 Å². The minimum Gasteiger partial charge on any atom is -0.438 e. The Morgan fingerprint density at radius 1 is 1.20 bits per heavy atom. The predicted octanol–water partition coefficient (Wildman–Crippen LogP) is 3.38. The molecule has 2 saturated heterocycles. The van der Waals surface area contributed by atoms with E-state index in [1.165, 1.54) is 12.6 Å². The number of hydrogen-bond acceptors (Lipinski definition) is 6. The highest BCUT2D eigenvalue weighted by Crippen LogP contribution is 2.33. The van der Waals surface area contributed by atoms with E-state index in [0.717, 1.165) is 48.8 Å². The maximum absolute atomic E-state index is 12.5. The van der Waals surface area contributed by atoms with E-state index < -0.39 is 0 Å². The minimum atomic E-state index is -0.111. The third-order valence-corrected chi connectivity index (χ3v) is 6.74. The zero-order valence-electron chi connectivity index (χ0n) is 20.9. The van der Waals surface area contributed by atoms with Gasteiger partial charge in [-0.25, -0.2) is 9.98 Å². The van der Waals surface area contributed by atoms with Crippen LogP contribution in [0.5, 0.6) is 0 Å². The fraction of sp³-hybridized carbons (Fsp3) is 0.462. The summed E-state index contributed by atoms with van der Waals surface area (Å²) in [5, 5.41) is 8.62. The van der Waals surface area contributed by atoms with Gasteiger partial charge in [-0.2, -0.15) is 0 Å². The molecule has 1 unspecified atom stereocenters. The lowest BCUT2D eigenvalue weighted by Gasteiger charge is -2.36. The van der Waals surface area contributed by atoms with E-state index in [2.05, 4.69) is 65.9 Å². The fourth-order valence-electron chi connectivity index (χ4n) is 4.97. The summed E-state index contributed by atoms with van der Waals surface area (Å²) in [6.45, 7) is 10.2. The Bertz CT molecular complexity index is 1170. The lowest BCUT2D eigenvalue weighted by Crippen LogP contribution is -2.48. The number of likely N-dealkylation sites (N-methyl/N-ethyl adjacent to an activating group) is 1. The number of benzene rings is 1. The summed E-state index contributed by atoms with van der Waals surface area (Å²) in [5.74, 6) is 1.64. The van der Waals surface area contributed by atoms with Gasteiger partial charge in [0.25, 0.3) is 5.91 Å². The summed E-state index contributed by atoms with van der Waals surface area (Å²) >= 11 is 0. The molecule has 0 radical (unpaired) electrons. The summed E-state index contributed by atoms with van der Waals surface area (Å²) < 4.78 is 5.16. The number of oxazole rings is 1. The Labute approximate surface area is 206 Å². The smallest absolute Gasteiger partial charge is 0.291 e. The quantitative estimate of drug-likeness (QED) is 0.729. The number of amidine groups is 1. The number of nitrogens with one attached hydrogen (secondary N) is 1.